The molecule has 2 aromatic carbocycles. The smallest absolute Gasteiger partial charge is 0.284 e. The minimum Gasteiger partial charge on any atom is -0.412 e. The first-order chi connectivity index (χ1) is 14.0. The fourth-order valence-corrected chi connectivity index (χ4v) is 3.59. The van der Waals surface area contributed by atoms with Gasteiger partial charge in [0.15, 0.2) is 0 Å². The molecule has 10 heteroatoms. The number of rotatable bonds is 4. The van der Waals surface area contributed by atoms with E-state index in [1.54, 1.807) is 24.3 Å². The summed E-state index contributed by atoms with van der Waals surface area (Å²) in [4.78, 5) is 11.5. The summed E-state index contributed by atoms with van der Waals surface area (Å²) in [6.45, 7) is 5.68. The van der Waals surface area contributed by atoms with Crippen molar-refractivity contribution in [1.29, 1.82) is 0 Å². The van der Waals surface area contributed by atoms with Crippen LogP contribution in [0.2, 0.25) is 0 Å². The number of carbonyl (C=O) groups excluding carboxylic acids is 1. The molecule has 2 unspecified atom stereocenters. The molecule has 0 fully saturated rings. The average Bonchev–Trinajstić information content (AvgIpc) is 3.13. The van der Waals surface area contributed by atoms with E-state index in [1.807, 2.05) is 20.8 Å². The van der Waals surface area contributed by atoms with E-state index in [-0.39, 0.29) is 22.5 Å². The number of aromatic nitrogens is 2. The van der Waals surface area contributed by atoms with Crippen LogP contribution in [0.15, 0.2) is 44.1 Å². The Morgan fingerprint density at radius 2 is 2.00 bits per heavy atom. The van der Waals surface area contributed by atoms with E-state index in [1.165, 1.54) is 6.07 Å². The first-order valence-corrected chi connectivity index (χ1v) is 10.5. The van der Waals surface area contributed by atoms with Crippen molar-refractivity contribution in [3.8, 4) is 0 Å². The maximum absolute atomic E-state index is 14.0. The number of primary amides is 1. The van der Waals surface area contributed by atoms with E-state index in [4.69, 9.17) is 28.1 Å². The molecule has 0 aliphatic rings. The second-order valence-corrected chi connectivity index (χ2v) is 8.46. The highest BCUT2D eigenvalue weighted by Crippen LogP contribution is 2.32. The van der Waals surface area contributed by atoms with Crippen LogP contribution in [0.4, 0.5) is 4.39 Å². The number of nitrogens with one attached hydrogen (secondary N) is 1. The van der Waals surface area contributed by atoms with Crippen LogP contribution in [0.3, 0.4) is 0 Å². The Balaban J connectivity index is 0.000000248. The van der Waals surface area contributed by atoms with Crippen molar-refractivity contribution >= 4 is 46.7 Å². The number of nitrogens with two attached hydrogens (primary N) is 2. The van der Waals surface area contributed by atoms with Gasteiger partial charge in [0.1, 0.15) is 5.82 Å². The van der Waals surface area contributed by atoms with Gasteiger partial charge in [0.2, 0.25) is 11.8 Å². The lowest BCUT2D eigenvalue weighted by atomic mass is 9.88. The van der Waals surface area contributed by atoms with Crippen molar-refractivity contribution < 1.29 is 13.6 Å². The second kappa shape index (κ2) is 10.3. The SMILES string of the molecule is Cc1ccc(F)c(C(C)C(N)c2n[nH]c(=S)o2)c1C.NC(=O)c1cc(Br)ccc1S. The first-order valence-electron chi connectivity index (χ1n) is 8.87. The Hall–Kier alpha value is -2.01. The summed E-state index contributed by atoms with van der Waals surface area (Å²) >= 11 is 12.1. The zero-order valence-corrected chi connectivity index (χ0v) is 19.9. The van der Waals surface area contributed by atoms with Crippen LogP contribution in [-0.2, 0) is 0 Å². The quantitative estimate of drug-likeness (QED) is 0.286. The number of hydrogen-bond acceptors (Lipinski definition) is 6. The summed E-state index contributed by atoms with van der Waals surface area (Å²) < 4.78 is 20.0. The van der Waals surface area contributed by atoms with Gasteiger partial charge in [-0.15, -0.1) is 17.7 Å². The molecule has 1 aromatic heterocycles. The van der Waals surface area contributed by atoms with Gasteiger partial charge in [0, 0.05) is 15.3 Å². The van der Waals surface area contributed by atoms with E-state index >= 15 is 0 Å². The topological polar surface area (TPSA) is 111 Å². The molecule has 0 radical (unpaired) electrons. The molecule has 2 atom stereocenters. The average molecular weight is 513 g/mol. The molecule has 1 heterocycles. The number of aromatic amines is 1. The molecule has 6 nitrogen and oxygen atoms in total. The van der Waals surface area contributed by atoms with Crippen molar-refractivity contribution in [1.82, 2.24) is 10.2 Å². The highest BCUT2D eigenvalue weighted by Gasteiger charge is 2.25. The van der Waals surface area contributed by atoms with Gasteiger partial charge >= 0.3 is 0 Å². The predicted molar refractivity (Wildman–Crippen MR) is 123 cm³/mol. The Labute approximate surface area is 192 Å². The van der Waals surface area contributed by atoms with Gasteiger partial charge < -0.3 is 15.9 Å². The Morgan fingerprint density at radius 1 is 1.33 bits per heavy atom. The Bertz CT molecular complexity index is 1120. The Morgan fingerprint density at radius 3 is 2.53 bits per heavy atom. The first kappa shape index (κ1) is 24.3. The highest BCUT2D eigenvalue weighted by atomic mass is 79.9. The van der Waals surface area contributed by atoms with Gasteiger partial charge in [-0.3, -0.25) is 4.79 Å². The van der Waals surface area contributed by atoms with Gasteiger partial charge in [0.25, 0.3) is 4.84 Å². The molecule has 0 aliphatic carbocycles. The zero-order chi connectivity index (χ0) is 22.6. The highest BCUT2D eigenvalue weighted by molar-refractivity contribution is 9.10. The summed E-state index contributed by atoms with van der Waals surface area (Å²) in [5, 5.41) is 6.42. The normalized spacial score (nSPS) is 12.6. The minimum absolute atomic E-state index is 0.166. The van der Waals surface area contributed by atoms with E-state index in [9.17, 15) is 9.18 Å². The molecule has 5 N–H and O–H groups in total. The lowest BCUT2D eigenvalue weighted by Crippen LogP contribution is -2.20. The fourth-order valence-electron chi connectivity index (χ4n) is 2.85. The molecule has 0 bridgehead atoms. The number of nitrogens with zero attached hydrogens (tertiary/aromatic N) is 1. The third-order valence-electron chi connectivity index (χ3n) is 4.69. The molecular weight excluding hydrogens is 491 g/mol. The van der Waals surface area contributed by atoms with Crippen LogP contribution < -0.4 is 11.5 Å². The maximum atomic E-state index is 14.0. The van der Waals surface area contributed by atoms with Crippen molar-refractivity contribution in [2.75, 3.05) is 0 Å². The molecule has 30 heavy (non-hydrogen) atoms. The largest absolute Gasteiger partial charge is 0.412 e. The van der Waals surface area contributed by atoms with Crippen LogP contribution >= 0.6 is 40.8 Å². The van der Waals surface area contributed by atoms with Crippen LogP contribution in [0, 0.1) is 24.5 Å². The second-order valence-electron chi connectivity index (χ2n) is 6.69. The molecule has 3 rings (SSSR count). The number of thiol groups is 1. The van der Waals surface area contributed by atoms with Crippen molar-refractivity contribution in [2.45, 2.75) is 37.6 Å². The van der Waals surface area contributed by atoms with E-state index in [2.05, 4.69) is 38.8 Å². The third-order valence-corrected chi connectivity index (χ3v) is 5.75. The van der Waals surface area contributed by atoms with Gasteiger partial charge in [0.05, 0.1) is 11.6 Å². The van der Waals surface area contributed by atoms with Crippen molar-refractivity contribution in [3.63, 3.8) is 0 Å². The van der Waals surface area contributed by atoms with Crippen molar-refractivity contribution in [3.05, 3.63) is 73.6 Å². The molecule has 160 valence electrons. The number of H-pyrrole nitrogens is 1. The molecule has 0 saturated carbocycles. The molecule has 0 spiro atoms. The summed E-state index contributed by atoms with van der Waals surface area (Å²) in [6.07, 6.45) is 0. The summed E-state index contributed by atoms with van der Waals surface area (Å²) in [5.74, 6) is -0.698. The van der Waals surface area contributed by atoms with Gasteiger partial charge in [-0.2, -0.15) is 0 Å². The monoisotopic (exact) mass is 512 g/mol. The fraction of sp³-hybridized carbons (Fsp3) is 0.250. The van der Waals surface area contributed by atoms with Gasteiger partial charge in [-0.05, 0) is 67.0 Å². The van der Waals surface area contributed by atoms with Crippen LogP contribution in [-0.4, -0.2) is 16.1 Å². The summed E-state index contributed by atoms with van der Waals surface area (Å²) in [6, 6.07) is 7.82. The van der Waals surface area contributed by atoms with E-state index in [0.29, 0.717) is 16.0 Å². The van der Waals surface area contributed by atoms with Gasteiger partial charge in [-0.1, -0.05) is 28.9 Å². The van der Waals surface area contributed by atoms with Crippen LogP contribution in [0.25, 0.3) is 0 Å². The number of carbonyl (C=O) groups is 1. The third kappa shape index (κ3) is 5.78. The number of halogens is 2. The number of benzene rings is 2. The molecule has 3 aromatic rings. The lowest BCUT2D eigenvalue weighted by molar-refractivity contribution is 0.0997. The summed E-state index contributed by atoms with van der Waals surface area (Å²) in [7, 11) is 0. The standard InChI is InChI=1S/C13H16FN3OS.C7H6BrNOS/c1-6-4-5-9(14)10(7(6)2)8(3)11(15)12-16-17-13(19)18-12;8-4-1-2-6(11)5(3-4)7(9)10/h4-5,8,11H,15H2,1-3H3,(H,17,19);1-3,11H,(H2,9,10). The number of aryl methyl sites for hydroxylation is 1. The summed E-state index contributed by atoms with van der Waals surface area (Å²) in [5.41, 5.74) is 14.1. The van der Waals surface area contributed by atoms with Crippen LogP contribution in [0.5, 0.6) is 0 Å². The predicted octanol–water partition coefficient (Wildman–Crippen LogP) is 5.13. The molecule has 0 aliphatic heterocycles. The lowest BCUT2D eigenvalue weighted by Gasteiger charge is -2.20. The van der Waals surface area contributed by atoms with Crippen molar-refractivity contribution in [2.24, 2.45) is 11.5 Å². The minimum atomic E-state index is -0.553. The molecule has 0 saturated heterocycles. The van der Waals surface area contributed by atoms with E-state index < -0.39 is 11.9 Å². The number of hydrogen-bond donors (Lipinski definition) is 4. The maximum Gasteiger partial charge on any atom is 0.284 e. The Kier molecular flexibility index (Phi) is 8.36. The number of amides is 1. The van der Waals surface area contributed by atoms with E-state index in [0.717, 1.165) is 15.6 Å². The van der Waals surface area contributed by atoms with Gasteiger partial charge in [-0.25, -0.2) is 9.49 Å². The molecular formula is C20H22BrFN4O2S2. The molecule has 1 amide bonds. The zero-order valence-electron chi connectivity index (χ0n) is 16.6. The van der Waals surface area contributed by atoms with Crippen LogP contribution in [0.1, 0.15) is 51.8 Å².